The minimum atomic E-state index is -1.09. The van der Waals surface area contributed by atoms with Gasteiger partial charge < -0.3 is 19.3 Å². The molecular weight excluding hydrogens is 432 g/mol. The first-order valence-electron chi connectivity index (χ1n) is 8.23. The number of benzene rings is 2. The summed E-state index contributed by atoms with van der Waals surface area (Å²) >= 11 is 3.32. The largest absolute Gasteiger partial charge is 0.493 e. The Morgan fingerprint density at radius 3 is 2.57 bits per heavy atom. The van der Waals surface area contributed by atoms with Crippen LogP contribution in [0.15, 0.2) is 46.0 Å². The molecule has 2 aromatic carbocycles. The first kappa shape index (κ1) is 21.2. The molecule has 1 amide bonds. The Hall–Kier alpha value is -3.07. The number of nitrogens with one attached hydrogen (secondary N) is 1. The highest BCUT2D eigenvalue weighted by Crippen LogP contribution is 2.28. The molecule has 28 heavy (non-hydrogen) atoms. The summed E-state index contributed by atoms with van der Waals surface area (Å²) in [6.45, 7) is 1.78. The van der Waals surface area contributed by atoms with E-state index in [0.717, 1.165) is 4.47 Å². The lowest BCUT2D eigenvalue weighted by Crippen LogP contribution is -2.18. The SMILES string of the molecule is CCOc1cc(C(=O)N/N=C/c2cc(Br)ccc2OCC(=O)O)ccc1OC. The van der Waals surface area contributed by atoms with Gasteiger partial charge in [-0.1, -0.05) is 15.9 Å². The number of nitrogens with zero attached hydrogens (tertiary/aromatic N) is 1. The van der Waals surface area contributed by atoms with Crippen molar-refractivity contribution in [2.24, 2.45) is 5.10 Å². The van der Waals surface area contributed by atoms with Crippen molar-refractivity contribution < 1.29 is 28.9 Å². The average molecular weight is 451 g/mol. The van der Waals surface area contributed by atoms with Crippen molar-refractivity contribution in [3.05, 3.63) is 52.0 Å². The summed E-state index contributed by atoms with van der Waals surface area (Å²) in [6.07, 6.45) is 1.37. The molecule has 8 nitrogen and oxygen atoms in total. The van der Waals surface area contributed by atoms with Crippen LogP contribution in [0, 0.1) is 0 Å². The van der Waals surface area contributed by atoms with Crippen LogP contribution in [-0.4, -0.2) is 43.5 Å². The van der Waals surface area contributed by atoms with Crippen LogP contribution in [0.25, 0.3) is 0 Å². The molecule has 0 atom stereocenters. The van der Waals surface area contributed by atoms with E-state index in [1.165, 1.54) is 13.3 Å². The van der Waals surface area contributed by atoms with Crippen molar-refractivity contribution in [2.45, 2.75) is 6.92 Å². The lowest BCUT2D eigenvalue weighted by Gasteiger charge is -2.10. The van der Waals surface area contributed by atoms with E-state index in [9.17, 15) is 9.59 Å². The first-order valence-corrected chi connectivity index (χ1v) is 9.02. The second kappa shape index (κ2) is 10.3. The number of aliphatic carboxylic acids is 1. The van der Waals surface area contributed by atoms with E-state index in [2.05, 4.69) is 26.5 Å². The van der Waals surface area contributed by atoms with Crippen molar-refractivity contribution in [3.8, 4) is 17.2 Å². The Morgan fingerprint density at radius 1 is 1.14 bits per heavy atom. The molecule has 0 aliphatic rings. The number of carbonyl (C=O) groups is 2. The number of hydrazone groups is 1. The lowest BCUT2D eigenvalue weighted by molar-refractivity contribution is -0.139. The molecule has 0 bridgehead atoms. The van der Waals surface area contributed by atoms with Gasteiger partial charge in [-0.15, -0.1) is 0 Å². The van der Waals surface area contributed by atoms with Gasteiger partial charge >= 0.3 is 5.97 Å². The van der Waals surface area contributed by atoms with Gasteiger partial charge in [-0.25, -0.2) is 10.2 Å². The monoisotopic (exact) mass is 450 g/mol. The van der Waals surface area contributed by atoms with Gasteiger partial charge in [0.05, 0.1) is 19.9 Å². The van der Waals surface area contributed by atoms with E-state index in [0.29, 0.717) is 35.0 Å². The van der Waals surface area contributed by atoms with Crippen LogP contribution < -0.4 is 19.6 Å². The highest BCUT2D eigenvalue weighted by Gasteiger charge is 2.11. The zero-order valence-electron chi connectivity index (χ0n) is 15.3. The van der Waals surface area contributed by atoms with Crippen molar-refractivity contribution in [1.29, 1.82) is 0 Å². The van der Waals surface area contributed by atoms with Crippen LogP contribution >= 0.6 is 15.9 Å². The van der Waals surface area contributed by atoms with E-state index in [1.807, 2.05) is 6.92 Å². The number of carboxylic acid groups (broad SMARTS) is 1. The van der Waals surface area contributed by atoms with Crippen LogP contribution in [0.1, 0.15) is 22.8 Å². The molecule has 0 heterocycles. The zero-order chi connectivity index (χ0) is 20.5. The summed E-state index contributed by atoms with van der Waals surface area (Å²) in [5.41, 5.74) is 3.26. The maximum atomic E-state index is 12.3. The predicted octanol–water partition coefficient (Wildman–Crippen LogP) is 3.08. The number of methoxy groups -OCH3 is 1. The molecule has 0 spiro atoms. The number of carboxylic acids is 1. The topological polar surface area (TPSA) is 106 Å². The molecule has 0 unspecified atom stereocenters. The number of hydrogen-bond acceptors (Lipinski definition) is 6. The molecule has 0 aliphatic carbocycles. The third-order valence-electron chi connectivity index (χ3n) is 3.42. The number of hydrogen-bond donors (Lipinski definition) is 2. The fourth-order valence-electron chi connectivity index (χ4n) is 2.20. The quantitative estimate of drug-likeness (QED) is 0.449. The molecule has 0 radical (unpaired) electrons. The molecule has 9 heteroatoms. The Labute approximate surface area is 170 Å². The molecule has 2 N–H and O–H groups in total. The van der Waals surface area contributed by atoms with Gasteiger partial charge in [0, 0.05) is 15.6 Å². The number of rotatable bonds is 9. The van der Waals surface area contributed by atoms with Crippen LogP contribution in [-0.2, 0) is 4.79 Å². The second-order valence-corrected chi connectivity index (χ2v) is 6.28. The maximum Gasteiger partial charge on any atom is 0.341 e. The van der Waals surface area contributed by atoms with E-state index in [1.54, 1.807) is 36.4 Å². The highest BCUT2D eigenvalue weighted by atomic mass is 79.9. The molecule has 0 saturated carbocycles. The maximum absolute atomic E-state index is 12.3. The smallest absolute Gasteiger partial charge is 0.341 e. The van der Waals surface area contributed by atoms with Crippen LogP contribution in [0.3, 0.4) is 0 Å². The van der Waals surface area contributed by atoms with E-state index >= 15 is 0 Å². The second-order valence-electron chi connectivity index (χ2n) is 5.36. The standard InChI is InChI=1S/C19H19BrN2O6/c1-3-27-17-9-12(4-6-16(17)26-2)19(25)22-21-10-13-8-14(20)5-7-15(13)28-11-18(23)24/h4-10H,3,11H2,1-2H3,(H,22,25)(H,23,24)/b21-10+. The summed E-state index contributed by atoms with van der Waals surface area (Å²) in [5, 5.41) is 12.7. The molecule has 2 rings (SSSR count). The van der Waals surface area contributed by atoms with Crippen LogP contribution in [0.5, 0.6) is 17.2 Å². The first-order chi connectivity index (χ1) is 13.4. The average Bonchev–Trinajstić information content (AvgIpc) is 2.67. The molecule has 0 saturated heterocycles. The van der Waals surface area contributed by atoms with Gasteiger partial charge in [-0.05, 0) is 43.3 Å². The normalized spacial score (nSPS) is 10.5. The minimum absolute atomic E-state index is 0.326. The molecule has 148 valence electrons. The Kier molecular flexibility index (Phi) is 7.82. The van der Waals surface area contributed by atoms with Crippen LogP contribution in [0.2, 0.25) is 0 Å². The minimum Gasteiger partial charge on any atom is -0.493 e. The summed E-state index contributed by atoms with van der Waals surface area (Å²) in [4.78, 5) is 23.0. The van der Waals surface area contributed by atoms with Gasteiger partial charge in [-0.2, -0.15) is 5.10 Å². The van der Waals surface area contributed by atoms with Gasteiger partial charge in [0.15, 0.2) is 18.1 Å². The number of ether oxygens (including phenoxy) is 3. The summed E-state index contributed by atoms with van der Waals surface area (Å²) < 4.78 is 16.6. The molecular formula is C19H19BrN2O6. The predicted molar refractivity (Wildman–Crippen MR) is 106 cm³/mol. The van der Waals surface area contributed by atoms with Crippen molar-refractivity contribution in [1.82, 2.24) is 5.43 Å². The lowest BCUT2D eigenvalue weighted by atomic mass is 10.2. The fraction of sp³-hybridized carbons (Fsp3) is 0.211. The Bertz CT molecular complexity index is 885. The van der Waals surface area contributed by atoms with Crippen molar-refractivity contribution in [2.75, 3.05) is 20.3 Å². The van der Waals surface area contributed by atoms with Crippen molar-refractivity contribution in [3.63, 3.8) is 0 Å². The van der Waals surface area contributed by atoms with Crippen LogP contribution in [0.4, 0.5) is 0 Å². The molecule has 0 aliphatic heterocycles. The van der Waals surface area contributed by atoms with Gasteiger partial charge in [0.25, 0.3) is 5.91 Å². The molecule has 0 aromatic heterocycles. The number of halogens is 1. The Balaban J connectivity index is 2.12. The third kappa shape index (κ3) is 5.98. The Morgan fingerprint density at radius 2 is 1.89 bits per heavy atom. The van der Waals surface area contributed by atoms with Gasteiger partial charge in [-0.3, -0.25) is 4.79 Å². The highest BCUT2D eigenvalue weighted by molar-refractivity contribution is 9.10. The zero-order valence-corrected chi connectivity index (χ0v) is 16.9. The third-order valence-corrected chi connectivity index (χ3v) is 3.91. The van der Waals surface area contributed by atoms with E-state index < -0.39 is 18.5 Å². The van der Waals surface area contributed by atoms with E-state index in [4.69, 9.17) is 19.3 Å². The molecule has 0 fully saturated rings. The summed E-state index contributed by atoms with van der Waals surface area (Å²) in [7, 11) is 1.52. The summed E-state index contributed by atoms with van der Waals surface area (Å²) in [6, 6.07) is 9.79. The van der Waals surface area contributed by atoms with Gasteiger partial charge in [0.1, 0.15) is 5.75 Å². The fourth-order valence-corrected chi connectivity index (χ4v) is 2.58. The van der Waals surface area contributed by atoms with Gasteiger partial charge in [0.2, 0.25) is 0 Å². The number of carbonyl (C=O) groups excluding carboxylic acids is 1. The van der Waals surface area contributed by atoms with E-state index in [-0.39, 0.29) is 0 Å². The number of amides is 1. The summed E-state index contributed by atoms with van der Waals surface area (Å²) in [5.74, 6) is -0.229. The van der Waals surface area contributed by atoms with Crippen molar-refractivity contribution >= 4 is 34.0 Å². The molecule has 2 aromatic rings.